The number of aromatic carboxylic acids is 1. The number of amides is 1. The van der Waals surface area contributed by atoms with E-state index in [2.05, 4.69) is 5.32 Å². The monoisotopic (exact) mass is 566 g/mol. The van der Waals surface area contributed by atoms with Crippen LogP contribution in [0.2, 0.25) is 10.9 Å². The van der Waals surface area contributed by atoms with Crippen LogP contribution in [0.1, 0.15) is 36.7 Å². The molecule has 0 radical (unpaired) electrons. The summed E-state index contributed by atoms with van der Waals surface area (Å²) in [5.41, 5.74) is -1.22. The van der Waals surface area contributed by atoms with Crippen molar-refractivity contribution < 1.29 is 46.8 Å². The number of Topliss-reactive ketones (excluding diaryl/α,β-unsaturated/α-hetero) is 1. The predicted octanol–water partition coefficient (Wildman–Crippen LogP) is 4.31. The molecule has 1 unspecified atom stereocenters. The molecule has 197 valence electrons. The van der Waals surface area contributed by atoms with Crippen molar-refractivity contribution in [2.75, 3.05) is 12.4 Å². The minimum absolute atomic E-state index is 0.00651. The second-order valence-corrected chi connectivity index (χ2v) is 11.0. The molecule has 0 heterocycles. The van der Waals surface area contributed by atoms with Crippen LogP contribution in [0.5, 0.6) is 5.75 Å². The van der Waals surface area contributed by atoms with E-state index in [0.29, 0.717) is 0 Å². The van der Waals surface area contributed by atoms with Crippen LogP contribution in [0, 0.1) is 15.5 Å². The van der Waals surface area contributed by atoms with Gasteiger partial charge in [-0.2, -0.15) is 0 Å². The number of hydrogen-bond acceptors (Lipinski definition) is 7. The second-order valence-electron chi connectivity index (χ2n) is 8.73. The summed E-state index contributed by atoms with van der Waals surface area (Å²) >= 11 is 4.35. The molecule has 0 saturated heterocycles. The molecule has 1 amide bonds. The number of carbonyl (C=O) groups excluding carboxylic acids is 2. The first kappa shape index (κ1) is 29.0. The number of carboxylic acid groups (broad SMARTS) is 1. The Labute approximate surface area is 216 Å². The number of nitrogens with one attached hydrogen (secondary N) is 1. The van der Waals surface area contributed by atoms with Crippen molar-refractivity contribution in [3.63, 3.8) is 0 Å². The van der Waals surface area contributed by atoms with Gasteiger partial charge in [0.25, 0.3) is 0 Å². The Morgan fingerprint density at radius 2 is 1.86 bits per heavy atom. The predicted molar refractivity (Wildman–Crippen MR) is 127 cm³/mol. The summed E-state index contributed by atoms with van der Waals surface area (Å²) in [4.78, 5) is 48.4. The summed E-state index contributed by atoms with van der Waals surface area (Å²) in [6.07, 6.45) is -1.71. The molecule has 13 heteroatoms. The number of rotatable bonds is 10. The number of anilines is 1. The van der Waals surface area contributed by atoms with Crippen molar-refractivity contribution in [3.05, 3.63) is 62.7 Å². The molecule has 1 atom stereocenters. The van der Waals surface area contributed by atoms with E-state index in [0.717, 1.165) is 12.1 Å². The molecule has 2 aromatic rings. The molecule has 2 aromatic carbocycles. The number of hydrogen-bond donors (Lipinski definition) is 2. The first-order chi connectivity index (χ1) is 16.6. The third kappa shape index (κ3) is 7.40. The van der Waals surface area contributed by atoms with Crippen LogP contribution in [0.3, 0.4) is 0 Å². The number of non-ortho nitro benzene ring substituents is 1. The SMILES string of the molecule is C[N](Cc1cc([N+](=O)[O-])ccc1OC(C(=O)Nc1cc(C(=O)O)ccc1Cl)C(=O)C(C)(C)C)[Co]([CH3])=[O]. The van der Waals surface area contributed by atoms with Crippen LogP contribution < -0.4 is 10.1 Å². The van der Waals surface area contributed by atoms with Gasteiger partial charge in [-0.05, 0) is 0 Å². The Morgan fingerprint density at radius 1 is 1.22 bits per heavy atom. The van der Waals surface area contributed by atoms with E-state index in [-0.39, 0.29) is 39.8 Å². The van der Waals surface area contributed by atoms with Gasteiger partial charge in [-0.15, -0.1) is 0 Å². The zero-order chi connectivity index (χ0) is 27.4. The van der Waals surface area contributed by atoms with Crippen molar-refractivity contribution in [2.24, 2.45) is 5.41 Å². The molecule has 2 rings (SSSR count). The van der Waals surface area contributed by atoms with E-state index >= 15 is 0 Å². The maximum atomic E-state index is 13.2. The first-order valence-corrected chi connectivity index (χ1v) is 12.7. The Kier molecular flexibility index (Phi) is 9.43. The maximum absolute atomic E-state index is 13.2. The van der Waals surface area contributed by atoms with Crippen LogP contribution >= 0.6 is 11.6 Å². The van der Waals surface area contributed by atoms with Crippen molar-refractivity contribution in [1.29, 1.82) is 0 Å². The summed E-state index contributed by atoms with van der Waals surface area (Å²) < 4.78 is 19.1. The van der Waals surface area contributed by atoms with Gasteiger partial charge >= 0.3 is 207 Å². The molecule has 0 bridgehead atoms. The summed E-state index contributed by atoms with van der Waals surface area (Å²) in [6, 6.07) is 7.33. The number of ketones is 1. The van der Waals surface area contributed by atoms with Crippen LogP contribution in [0.4, 0.5) is 11.4 Å². The van der Waals surface area contributed by atoms with Crippen LogP contribution in [-0.4, -0.2) is 44.8 Å². The third-order valence-electron chi connectivity index (χ3n) is 4.93. The number of carbonyl (C=O) groups is 3. The van der Waals surface area contributed by atoms with Crippen molar-refractivity contribution in [2.45, 2.75) is 39.3 Å². The fraction of sp³-hybridized carbons (Fsp3) is 0.348. The number of nitrogens with zero attached hydrogens (tertiary/aromatic N) is 2. The molecular formula is C23H26ClCoN3O8. The Hall–Kier alpha value is -3.19. The molecule has 0 aliphatic rings. The molecule has 11 nitrogen and oxygen atoms in total. The van der Waals surface area contributed by atoms with E-state index < -0.39 is 47.9 Å². The molecule has 0 aliphatic heterocycles. The van der Waals surface area contributed by atoms with E-state index in [4.69, 9.17) is 16.3 Å². The number of carboxylic acids is 1. The quantitative estimate of drug-likeness (QED) is 0.243. The van der Waals surface area contributed by atoms with Gasteiger partial charge in [0.2, 0.25) is 0 Å². The van der Waals surface area contributed by atoms with Crippen molar-refractivity contribution in [1.82, 2.24) is 3.95 Å². The molecule has 0 aliphatic carbocycles. The number of benzene rings is 2. The standard InChI is InChI=1S/C22H23ClN3O7.CH3.Co.O/c1-22(2,3)19(27)18(20(28)25-16-10-12(21(29)30)5-7-15(16)23)33-17-8-6-14(26(31)32)9-13(17)11-24-4;;;/h5-10,18H,11H2,1-4H3,(H,25,28)(H,29,30);1H3;;/q-1;;+1;. The first-order valence-electron chi connectivity index (χ1n) is 10.3. The fourth-order valence-electron chi connectivity index (χ4n) is 2.92. The third-order valence-corrected chi connectivity index (χ3v) is 6.54. The van der Waals surface area contributed by atoms with Crippen molar-refractivity contribution in [3.8, 4) is 5.75 Å². The van der Waals surface area contributed by atoms with E-state index in [1.54, 1.807) is 27.8 Å². The molecule has 0 fully saturated rings. The van der Waals surface area contributed by atoms with E-state index in [1.807, 2.05) is 0 Å². The van der Waals surface area contributed by atoms with Crippen LogP contribution in [-0.2, 0) is 33.8 Å². The van der Waals surface area contributed by atoms with Gasteiger partial charge < -0.3 is 5.11 Å². The molecule has 0 aromatic heterocycles. The average molecular weight is 567 g/mol. The van der Waals surface area contributed by atoms with Gasteiger partial charge in [0, 0.05) is 0 Å². The van der Waals surface area contributed by atoms with E-state index in [1.165, 1.54) is 34.1 Å². The van der Waals surface area contributed by atoms with Gasteiger partial charge in [-0.3, -0.25) is 0 Å². The van der Waals surface area contributed by atoms with Gasteiger partial charge in [0.15, 0.2) is 0 Å². The molecule has 2 N–H and O–H groups in total. The van der Waals surface area contributed by atoms with Crippen LogP contribution in [0.25, 0.3) is 0 Å². The average Bonchev–Trinajstić information content (AvgIpc) is 2.77. The second kappa shape index (κ2) is 11.7. The fourth-order valence-corrected chi connectivity index (χ4v) is 3.49. The molecule has 36 heavy (non-hydrogen) atoms. The molecular weight excluding hydrogens is 541 g/mol. The summed E-state index contributed by atoms with van der Waals surface area (Å²) in [7, 11) is 1.54. The van der Waals surface area contributed by atoms with Gasteiger partial charge in [-0.1, -0.05) is 0 Å². The summed E-state index contributed by atoms with van der Waals surface area (Å²) in [6.45, 7) is 4.74. The Morgan fingerprint density at radius 3 is 2.39 bits per heavy atom. The molecule has 0 spiro atoms. The van der Waals surface area contributed by atoms with E-state index in [9.17, 15) is 33.5 Å². The number of halogens is 1. The Bertz CT molecular complexity index is 1230. The normalized spacial score (nSPS) is 12.6. The summed E-state index contributed by atoms with van der Waals surface area (Å²) in [5, 5.41) is 23.0. The topological polar surface area (TPSA) is 156 Å². The number of ether oxygens (including phenoxy) is 1. The summed E-state index contributed by atoms with van der Waals surface area (Å²) in [5.74, 6) is -1.30. The molecule has 0 saturated carbocycles. The van der Waals surface area contributed by atoms with Crippen LogP contribution in [0.15, 0.2) is 36.4 Å². The van der Waals surface area contributed by atoms with Gasteiger partial charge in [0.1, 0.15) is 0 Å². The van der Waals surface area contributed by atoms with Crippen molar-refractivity contribution >= 4 is 40.6 Å². The van der Waals surface area contributed by atoms with Gasteiger partial charge in [0.05, 0.1) is 0 Å². The number of nitro benzene ring substituents is 1. The zero-order valence-corrected chi connectivity index (χ0v) is 22.0. The Balaban J connectivity index is 2.51. The minimum atomic E-state index is -1.76. The zero-order valence-electron chi connectivity index (χ0n) is 20.2. The number of nitro groups is 1. The van der Waals surface area contributed by atoms with Gasteiger partial charge in [-0.25, -0.2) is 4.79 Å².